The van der Waals surface area contributed by atoms with Gasteiger partial charge in [0.15, 0.2) is 0 Å². The van der Waals surface area contributed by atoms with Gasteiger partial charge in [0.25, 0.3) is 0 Å². The van der Waals surface area contributed by atoms with Gasteiger partial charge in [0.2, 0.25) is 0 Å². The Morgan fingerprint density at radius 3 is 2.46 bits per heavy atom. The van der Waals surface area contributed by atoms with E-state index in [1.165, 1.54) is 17.1 Å². The summed E-state index contributed by atoms with van der Waals surface area (Å²) in [6.45, 7) is 2.52. The molecular formula is C20H16N2OS. The highest BCUT2D eigenvalue weighted by atomic mass is 32.1. The average molecular weight is 332 g/mol. The van der Waals surface area contributed by atoms with E-state index in [9.17, 15) is 0 Å². The molecule has 0 aliphatic rings. The van der Waals surface area contributed by atoms with Gasteiger partial charge in [-0.2, -0.15) is 8.75 Å². The first-order chi connectivity index (χ1) is 11.8. The maximum atomic E-state index is 6.15. The van der Waals surface area contributed by atoms with Gasteiger partial charge >= 0.3 is 0 Å². The summed E-state index contributed by atoms with van der Waals surface area (Å²) in [4.78, 5) is 0. The first-order valence-electron chi connectivity index (χ1n) is 7.81. The summed E-state index contributed by atoms with van der Waals surface area (Å²) in [6.07, 6.45) is 0. The number of aromatic nitrogens is 2. The van der Waals surface area contributed by atoms with Crippen molar-refractivity contribution in [2.75, 3.05) is 0 Å². The van der Waals surface area contributed by atoms with E-state index in [1.807, 2.05) is 43.3 Å². The van der Waals surface area contributed by atoms with Crippen LogP contribution in [0.25, 0.3) is 22.0 Å². The number of hydrogen-bond acceptors (Lipinski definition) is 4. The van der Waals surface area contributed by atoms with Crippen LogP contribution in [0.3, 0.4) is 0 Å². The average Bonchev–Trinajstić information content (AvgIpc) is 3.06. The zero-order valence-corrected chi connectivity index (χ0v) is 14.1. The van der Waals surface area contributed by atoms with Crippen molar-refractivity contribution in [3.05, 3.63) is 78.0 Å². The van der Waals surface area contributed by atoms with Crippen molar-refractivity contribution in [1.82, 2.24) is 8.75 Å². The summed E-state index contributed by atoms with van der Waals surface area (Å²) >= 11 is 1.24. The van der Waals surface area contributed by atoms with Crippen molar-refractivity contribution in [2.24, 2.45) is 0 Å². The Morgan fingerprint density at radius 1 is 0.875 bits per heavy atom. The topological polar surface area (TPSA) is 35.0 Å². The molecule has 118 valence electrons. The zero-order valence-electron chi connectivity index (χ0n) is 13.3. The van der Waals surface area contributed by atoms with Crippen LogP contribution in [0.4, 0.5) is 0 Å². The van der Waals surface area contributed by atoms with Crippen molar-refractivity contribution in [3.8, 4) is 17.0 Å². The molecule has 0 amide bonds. The summed E-state index contributed by atoms with van der Waals surface area (Å²) in [6, 6.07) is 22.6. The number of hydrogen-bond donors (Lipinski definition) is 0. The van der Waals surface area contributed by atoms with Crippen LogP contribution in [0.15, 0.2) is 66.7 Å². The third-order valence-corrected chi connectivity index (χ3v) is 4.64. The van der Waals surface area contributed by atoms with E-state index in [4.69, 9.17) is 4.74 Å². The molecule has 24 heavy (non-hydrogen) atoms. The molecule has 0 saturated carbocycles. The molecule has 0 saturated heterocycles. The third-order valence-electron chi connectivity index (χ3n) is 4.02. The third kappa shape index (κ3) is 2.76. The predicted octanol–water partition coefficient (Wildman–Crippen LogP) is 5.25. The summed E-state index contributed by atoms with van der Waals surface area (Å²) in [5, 5.41) is 2.31. The Morgan fingerprint density at radius 2 is 1.67 bits per heavy atom. The highest BCUT2D eigenvalue weighted by Gasteiger charge is 2.16. The van der Waals surface area contributed by atoms with E-state index in [-0.39, 0.29) is 0 Å². The molecule has 0 atom stereocenters. The van der Waals surface area contributed by atoms with Crippen LogP contribution in [0, 0.1) is 6.92 Å². The fourth-order valence-corrected chi connectivity index (χ4v) is 3.36. The molecule has 3 nitrogen and oxygen atoms in total. The number of ether oxygens (including phenoxy) is 1. The lowest BCUT2D eigenvalue weighted by molar-refractivity contribution is 0.308. The summed E-state index contributed by atoms with van der Waals surface area (Å²) < 4.78 is 15.0. The normalized spacial score (nSPS) is 10.9. The second-order valence-corrected chi connectivity index (χ2v) is 6.16. The lowest BCUT2D eigenvalue weighted by Gasteiger charge is -2.13. The molecule has 1 aromatic heterocycles. The minimum absolute atomic E-state index is 0.531. The van der Waals surface area contributed by atoms with E-state index >= 15 is 0 Å². The van der Waals surface area contributed by atoms with Crippen molar-refractivity contribution in [3.63, 3.8) is 0 Å². The zero-order chi connectivity index (χ0) is 16.4. The Labute approximate surface area is 144 Å². The van der Waals surface area contributed by atoms with Gasteiger partial charge in [0.05, 0.1) is 23.0 Å². The molecule has 0 aliphatic carbocycles. The molecule has 0 N–H and O–H groups in total. The largest absolute Gasteiger partial charge is 0.488 e. The van der Waals surface area contributed by atoms with E-state index < -0.39 is 0 Å². The molecule has 1 heterocycles. The molecular weight excluding hydrogens is 316 g/mol. The standard InChI is InChI=1S/C20H16N2OS/c1-14-20(22-24-21-14)19-17-10-6-5-9-16(17)11-12-18(19)23-13-15-7-3-2-4-8-15/h2-12H,13H2,1H3. The quantitative estimate of drug-likeness (QED) is 0.512. The molecule has 4 heteroatoms. The monoisotopic (exact) mass is 332 g/mol. The molecule has 4 aromatic rings. The molecule has 3 aromatic carbocycles. The smallest absolute Gasteiger partial charge is 0.129 e. The first-order valence-corrected chi connectivity index (χ1v) is 8.54. The molecule has 0 fully saturated rings. The lowest BCUT2D eigenvalue weighted by atomic mass is 10.00. The summed E-state index contributed by atoms with van der Waals surface area (Å²) in [7, 11) is 0. The van der Waals surface area contributed by atoms with Crippen molar-refractivity contribution in [2.45, 2.75) is 13.5 Å². The van der Waals surface area contributed by atoms with Crippen LogP contribution < -0.4 is 4.74 Å². The van der Waals surface area contributed by atoms with Crippen LogP contribution >= 0.6 is 11.7 Å². The molecule has 0 bridgehead atoms. The predicted molar refractivity (Wildman–Crippen MR) is 98.4 cm³/mol. The van der Waals surface area contributed by atoms with E-state index in [0.717, 1.165) is 33.7 Å². The Hall–Kier alpha value is -2.72. The Balaban J connectivity index is 1.81. The van der Waals surface area contributed by atoms with E-state index in [1.54, 1.807) is 0 Å². The van der Waals surface area contributed by atoms with Gasteiger partial charge in [-0.1, -0.05) is 60.7 Å². The van der Waals surface area contributed by atoms with Crippen molar-refractivity contribution >= 4 is 22.5 Å². The Bertz CT molecular complexity index is 979. The second kappa shape index (κ2) is 6.42. The van der Waals surface area contributed by atoms with Crippen LogP contribution in [0.1, 0.15) is 11.3 Å². The number of nitrogens with zero attached hydrogens (tertiary/aromatic N) is 2. The lowest BCUT2D eigenvalue weighted by Crippen LogP contribution is -1.98. The van der Waals surface area contributed by atoms with Gasteiger partial charge < -0.3 is 4.74 Å². The van der Waals surface area contributed by atoms with Crippen LogP contribution in [0.2, 0.25) is 0 Å². The SMILES string of the molecule is Cc1nsnc1-c1c(OCc2ccccc2)ccc2ccccc12. The minimum Gasteiger partial charge on any atom is -0.488 e. The number of aryl methyl sites for hydroxylation is 1. The maximum absolute atomic E-state index is 6.15. The highest BCUT2D eigenvalue weighted by Crippen LogP contribution is 2.38. The fraction of sp³-hybridized carbons (Fsp3) is 0.100. The van der Waals surface area contributed by atoms with Gasteiger partial charge in [0, 0.05) is 0 Å². The fourth-order valence-electron chi connectivity index (χ4n) is 2.81. The van der Waals surface area contributed by atoms with Crippen LogP contribution in [0.5, 0.6) is 5.75 Å². The van der Waals surface area contributed by atoms with Gasteiger partial charge in [-0.15, -0.1) is 0 Å². The van der Waals surface area contributed by atoms with Gasteiger partial charge in [0.1, 0.15) is 18.1 Å². The molecule has 0 aliphatic heterocycles. The Kier molecular flexibility index (Phi) is 3.97. The van der Waals surface area contributed by atoms with E-state index in [0.29, 0.717) is 6.61 Å². The summed E-state index contributed by atoms with van der Waals surface area (Å²) in [5.74, 6) is 0.841. The highest BCUT2D eigenvalue weighted by molar-refractivity contribution is 6.99. The first kappa shape index (κ1) is 14.8. The van der Waals surface area contributed by atoms with Crippen molar-refractivity contribution in [1.29, 1.82) is 0 Å². The maximum Gasteiger partial charge on any atom is 0.129 e. The van der Waals surface area contributed by atoms with Crippen molar-refractivity contribution < 1.29 is 4.74 Å². The van der Waals surface area contributed by atoms with Gasteiger partial charge in [-0.05, 0) is 29.3 Å². The molecule has 4 rings (SSSR count). The minimum atomic E-state index is 0.531. The number of benzene rings is 3. The molecule has 0 unspecified atom stereocenters. The van der Waals surface area contributed by atoms with Gasteiger partial charge in [-0.3, -0.25) is 0 Å². The number of rotatable bonds is 4. The number of fused-ring (bicyclic) bond motifs is 1. The second-order valence-electron chi connectivity index (χ2n) is 5.63. The molecule has 0 spiro atoms. The molecule has 0 radical (unpaired) electrons. The van der Waals surface area contributed by atoms with Crippen LogP contribution in [-0.2, 0) is 6.61 Å². The summed E-state index contributed by atoms with van der Waals surface area (Å²) in [5.41, 5.74) is 4.00. The van der Waals surface area contributed by atoms with E-state index in [2.05, 4.69) is 39.1 Å². The van der Waals surface area contributed by atoms with Gasteiger partial charge in [-0.25, -0.2) is 0 Å². The van der Waals surface area contributed by atoms with Crippen LogP contribution in [-0.4, -0.2) is 8.75 Å².